The smallest absolute Gasteiger partial charge is 0.222 e. The minimum atomic E-state index is -1.46. The fourth-order valence-electron chi connectivity index (χ4n) is 3.90. The molecule has 0 bridgehead atoms. The third-order valence-electron chi connectivity index (χ3n) is 5.51. The summed E-state index contributed by atoms with van der Waals surface area (Å²) >= 11 is 0. The molecular formula is C22H29N6O5P. The van der Waals surface area contributed by atoms with Gasteiger partial charge in [0.15, 0.2) is 17.0 Å². The van der Waals surface area contributed by atoms with Gasteiger partial charge < -0.3 is 24.8 Å². The number of anilines is 1. The van der Waals surface area contributed by atoms with Gasteiger partial charge in [-0.15, -0.1) is 0 Å². The summed E-state index contributed by atoms with van der Waals surface area (Å²) in [7, 11) is 2.32. The summed E-state index contributed by atoms with van der Waals surface area (Å²) in [5.41, 5.74) is 1.89. The maximum absolute atomic E-state index is 11.9. The van der Waals surface area contributed by atoms with Crippen LogP contribution in [0.25, 0.3) is 11.2 Å². The van der Waals surface area contributed by atoms with Gasteiger partial charge >= 0.3 is 0 Å². The molecule has 34 heavy (non-hydrogen) atoms. The van der Waals surface area contributed by atoms with Crippen LogP contribution in [0.3, 0.4) is 0 Å². The molecule has 1 unspecified atom stereocenters. The Hall–Kier alpha value is -2.53. The molecular weight excluding hydrogens is 459 g/mol. The maximum atomic E-state index is 11.9. The SMILES string of the molecule is CC(=O)Nc1ncnc2c1ncn2[C@H]1C[C@](O)(P(Cc2ccccc2)OCN(C)C)[C@@H](CO)O1. The molecule has 1 fully saturated rings. The summed E-state index contributed by atoms with van der Waals surface area (Å²) in [6.45, 7) is 1.34. The van der Waals surface area contributed by atoms with E-state index < -0.39 is 25.8 Å². The van der Waals surface area contributed by atoms with Crippen molar-refractivity contribution >= 4 is 31.0 Å². The highest BCUT2D eigenvalue weighted by atomic mass is 31.1. The van der Waals surface area contributed by atoms with E-state index in [9.17, 15) is 15.0 Å². The fourth-order valence-corrected chi connectivity index (χ4v) is 6.23. The van der Waals surface area contributed by atoms with E-state index in [1.54, 1.807) is 4.57 Å². The van der Waals surface area contributed by atoms with Gasteiger partial charge in [-0.05, 0) is 19.7 Å². The number of aliphatic hydroxyl groups is 2. The highest BCUT2D eigenvalue weighted by Gasteiger charge is 2.54. The number of imidazole rings is 1. The number of nitrogens with one attached hydrogen (secondary N) is 1. The molecule has 0 radical (unpaired) electrons. The topological polar surface area (TPSA) is 135 Å². The number of benzene rings is 1. The van der Waals surface area contributed by atoms with Crippen molar-refractivity contribution in [2.24, 2.45) is 0 Å². The van der Waals surface area contributed by atoms with Crippen molar-refractivity contribution < 1.29 is 24.3 Å². The van der Waals surface area contributed by atoms with Crippen LogP contribution in [0.1, 0.15) is 25.1 Å². The van der Waals surface area contributed by atoms with Gasteiger partial charge in [-0.1, -0.05) is 30.3 Å². The zero-order valence-corrected chi connectivity index (χ0v) is 20.2. The highest BCUT2D eigenvalue weighted by Crippen LogP contribution is 2.60. The molecule has 1 amide bonds. The number of aliphatic hydroxyl groups excluding tert-OH is 1. The number of hydrogen-bond acceptors (Lipinski definition) is 9. The summed E-state index contributed by atoms with van der Waals surface area (Å²) in [6.07, 6.45) is 2.05. The molecule has 12 heteroatoms. The summed E-state index contributed by atoms with van der Waals surface area (Å²) in [5.74, 6) is 0.0230. The van der Waals surface area contributed by atoms with E-state index in [4.69, 9.17) is 9.26 Å². The lowest BCUT2D eigenvalue weighted by molar-refractivity contribution is -0.114. The van der Waals surface area contributed by atoms with Gasteiger partial charge in [0.2, 0.25) is 5.91 Å². The molecule has 1 saturated heterocycles. The van der Waals surface area contributed by atoms with E-state index in [1.807, 2.05) is 49.3 Å². The first-order chi connectivity index (χ1) is 16.3. The molecule has 0 saturated carbocycles. The first-order valence-electron chi connectivity index (χ1n) is 10.8. The van der Waals surface area contributed by atoms with Gasteiger partial charge in [-0.25, -0.2) is 15.0 Å². The largest absolute Gasteiger partial charge is 0.394 e. The number of aromatic nitrogens is 4. The van der Waals surface area contributed by atoms with E-state index in [1.165, 1.54) is 19.6 Å². The van der Waals surface area contributed by atoms with E-state index in [2.05, 4.69) is 20.3 Å². The third kappa shape index (κ3) is 5.10. The molecule has 1 aliphatic rings. The van der Waals surface area contributed by atoms with Crippen molar-refractivity contribution in [1.82, 2.24) is 24.4 Å². The van der Waals surface area contributed by atoms with Crippen molar-refractivity contribution in [3.05, 3.63) is 48.5 Å². The second kappa shape index (κ2) is 10.4. The van der Waals surface area contributed by atoms with Crippen LogP contribution in [0.4, 0.5) is 5.82 Å². The number of carbonyl (C=O) groups is 1. The summed E-state index contributed by atoms with van der Waals surface area (Å²) in [5, 5.41) is 23.2. The number of nitrogens with zero attached hydrogens (tertiary/aromatic N) is 5. The van der Waals surface area contributed by atoms with E-state index >= 15 is 0 Å². The predicted octanol–water partition coefficient (Wildman–Crippen LogP) is 1.89. The van der Waals surface area contributed by atoms with Crippen molar-refractivity contribution in [1.29, 1.82) is 0 Å². The first-order valence-corrected chi connectivity index (χ1v) is 12.3. The van der Waals surface area contributed by atoms with Crippen LogP contribution < -0.4 is 5.32 Å². The number of ether oxygens (including phenoxy) is 1. The molecule has 4 rings (SSSR count). The molecule has 4 atom stereocenters. The van der Waals surface area contributed by atoms with E-state index in [0.717, 1.165) is 5.56 Å². The number of hydrogen-bond donors (Lipinski definition) is 3. The number of fused-ring (bicyclic) bond motifs is 1. The van der Waals surface area contributed by atoms with Crippen LogP contribution >= 0.6 is 8.15 Å². The summed E-state index contributed by atoms with van der Waals surface area (Å²) in [4.78, 5) is 26.1. The first kappa shape index (κ1) is 24.6. The Labute approximate surface area is 198 Å². The van der Waals surface area contributed by atoms with E-state index in [-0.39, 0.29) is 18.9 Å². The van der Waals surface area contributed by atoms with Crippen LogP contribution in [-0.2, 0) is 20.2 Å². The van der Waals surface area contributed by atoms with Crippen LogP contribution in [0.2, 0.25) is 0 Å². The minimum absolute atomic E-state index is 0.176. The van der Waals surface area contributed by atoms with Crippen LogP contribution in [0.15, 0.2) is 43.0 Å². The van der Waals surface area contributed by atoms with Crippen LogP contribution in [-0.4, -0.2) is 79.4 Å². The minimum Gasteiger partial charge on any atom is -0.394 e. The summed E-state index contributed by atoms with van der Waals surface area (Å²) in [6, 6.07) is 9.81. The number of carbonyl (C=O) groups excluding carboxylic acids is 1. The Kier molecular flexibility index (Phi) is 7.51. The number of rotatable bonds is 9. The van der Waals surface area contributed by atoms with Gasteiger partial charge in [0.1, 0.15) is 30.7 Å². The number of amides is 1. The molecule has 2 aromatic heterocycles. The maximum Gasteiger partial charge on any atom is 0.222 e. The van der Waals surface area contributed by atoms with Gasteiger partial charge in [-0.3, -0.25) is 14.3 Å². The average molecular weight is 488 g/mol. The molecule has 1 aromatic carbocycles. The Morgan fingerprint density at radius 2 is 2.09 bits per heavy atom. The third-order valence-corrected chi connectivity index (χ3v) is 7.93. The monoisotopic (exact) mass is 488 g/mol. The lowest BCUT2D eigenvalue weighted by atomic mass is 10.2. The fraction of sp³-hybridized carbons (Fsp3) is 0.455. The van der Waals surface area contributed by atoms with Gasteiger partial charge in [0.25, 0.3) is 0 Å². The summed E-state index contributed by atoms with van der Waals surface area (Å²) < 4.78 is 14.0. The molecule has 3 N–H and O–H groups in total. The Morgan fingerprint density at radius 1 is 1.32 bits per heavy atom. The van der Waals surface area contributed by atoms with Crippen molar-refractivity contribution in [2.75, 3.05) is 32.7 Å². The van der Waals surface area contributed by atoms with Crippen molar-refractivity contribution in [3.63, 3.8) is 0 Å². The second-order valence-electron chi connectivity index (χ2n) is 8.43. The van der Waals surface area contributed by atoms with Crippen molar-refractivity contribution in [3.8, 4) is 0 Å². The molecule has 182 valence electrons. The lowest BCUT2D eigenvalue weighted by Crippen LogP contribution is -2.40. The Balaban J connectivity index is 1.65. The van der Waals surface area contributed by atoms with Gasteiger partial charge in [0, 0.05) is 19.5 Å². The quantitative estimate of drug-likeness (QED) is 0.305. The lowest BCUT2D eigenvalue weighted by Gasteiger charge is -2.35. The van der Waals surface area contributed by atoms with Crippen molar-refractivity contribution in [2.45, 2.75) is 37.2 Å². The molecule has 3 aromatic rings. The zero-order chi connectivity index (χ0) is 24.3. The van der Waals surface area contributed by atoms with Gasteiger partial charge in [-0.2, -0.15) is 0 Å². The predicted molar refractivity (Wildman–Crippen MR) is 127 cm³/mol. The average Bonchev–Trinajstić information content (AvgIpc) is 3.39. The Bertz CT molecular complexity index is 1130. The second-order valence-corrected chi connectivity index (χ2v) is 10.5. The standard InChI is InChI=1S/C22H29N6O5P/c1-15(30)26-20-19-21(24-12-23-20)28(13-25-19)18-9-22(31,17(10-29)33-18)34(32-14-27(2)3)11-16-7-5-4-6-8-16/h4-8,12-13,17-18,29,31H,9-11,14H2,1-3H3,(H,23,24,26,30)/t17-,18-,22+,34?/m1/s1. The Morgan fingerprint density at radius 3 is 2.76 bits per heavy atom. The van der Waals surface area contributed by atoms with Crippen LogP contribution in [0.5, 0.6) is 0 Å². The van der Waals surface area contributed by atoms with Gasteiger partial charge in [0.05, 0.1) is 21.1 Å². The van der Waals surface area contributed by atoms with Crippen LogP contribution in [0, 0.1) is 0 Å². The molecule has 0 spiro atoms. The zero-order valence-electron chi connectivity index (χ0n) is 19.3. The normalized spacial score (nSPS) is 23.5. The van der Waals surface area contributed by atoms with E-state index in [0.29, 0.717) is 29.9 Å². The molecule has 0 aliphatic carbocycles. The molecule has 11 nitrogen and oxygen atoms in total. The highest BCUT2D eigenvalue weighted by molar-refractivity contribution is 7.53. The molecule has 3 heterocycles. The molecule has 1 aliphatic heterocycles.